The van der Waals surface area contributed by atoms with Crippen LogP contribution in [0, 0.1) is 11.3 Å². The number of ketones is 1. The molecule has 230 valence electrons. The number of allylic oxidation sites excluding steroid dienone is 2. The third kappa shape index (κ3) is 5.53. The second-order valence-corrected chi connectivity index (χ2v) is 12.5. The second-order valence-electron chi connectivity index (χ2n) is 10.6. The summed E-state index contributed by atoms with van der Waals surface area (Å²) in [7, 11) is 3.13. The van der Waals surface area contributed by atoms with Crippen LogP contribution in [0.4, 0.5) is 0 Å². The number of Topliss-reactive ketones (excluding diaryl/α,β-unsaturated/α-hetero) is 1. The van der Waals surface area contributed by atoms with Gasteiger partial charge in [0.05, 0.1) is 36.4 Å². The number of nitriles is 1. The van der Waals surface area contributed by atoms with Gasteiger partial charge in [-0.2, -0.15) is 5.26 Å². The van der Waals surface area contributed by atoms with Gasteiger partial charge in [0.1, 0.15) is 12.4 Å². The molecule has 46 heavy (non-hydrogen) atoms. The summed E-state index contributed by atoms with van der Waals surface area (Å²) in [6.07, 6.45) is 1.77. The second kappa shape index (κ2) is 12.8. The van der Waals surface area contributed by atoms with Crippen molar-refractivity contribution >= 4 is 49.9 Å². The Balaban J connectivity index is 1.48. The Hall–Kier alpha value is -4.98. The van der Waals surface area contributed by atoms with E-state index in [2.05, 4.69) is 22.0 Å². The van der Waals surface area contributed by atoms with Crippen molar-refractivity contribution in [2.24, 2.45) is 4.99 Å². The molecular formula is C36H28BrN3O5S. The smallest absolute Gasteiger partial charge is 0.271 e. The van der Waals surface area contributed by atoms with Crippen molar-refractivity contribution in [1.82, 2.24) is 4.57 Å². The van der Waals surface area contributed by atoms with Crippen molar-refractivity contribution < 1.29 is 19.0 Å². The molecule has 0 fully saturated rings. The zero-order chi connectivity index (χ0) is 32.5. The van der Waals surface area contributed by atoms with Gasteiger partial charge in [0.2, 0.25) is 0 Å². The van der Waals surface area contributed by atoms with E-state index in [1.54, 1.807) is 56.1 Å². The van der Waals surface area contributed by atoms with Crippen LogP contribution in [0.3, 0.4) is 0 Å². The first kappa shape index (κ1) is 31.0. The lowest BCUT2D eigenvalue weighted by atomic mass is 9.89. The van der Waals surface area contributed by atoms with E-state index in [1.807, 2.05) is 48.5 Å². The third-order valence-corrected chi connectivity index (χ3v) is 9.59. The van der Waals surface area contributed by atoms with Crippen LogP contribution in [0.1, 0.15) is 42.1 Å². The normalized spacial score (nSPS) is 14.4. The summed E-state index contributed by atoms with van der Waals surface area (Å²) in [6.45, 7) is 3.48. The van der Waals surface area contributed by atoms with Gasteiger partial charge in [-0.05, 0) is 60.5 Å². The number of hydrogen-bond donors (Lipinski definition) is 0. The Morgan fingerprint density at radius 3 is 2.52 bits per heavy atom. The summed E-state index contributed by atoms with van der Waals surface area (Å²) in [6, 6.07) is 23.9. The predicted octanol–water partition coefficient (Wildman–Crippen LogP) is 6.21. The number of aromatic nitrogens is 1. The average Bonchev–Trinajstić information content (AvgIpc) is 3.37. The summed E-state index contributed by atoms with van der Waals surface area (Å²) in [4.78, 5) is 32.6. The van der Waals surface area contributed by atoms with Gasteiger partial charge in [0.25, 0.3) is 5.56 Å². The lowest BCUT2D eigenvalue weighted by Crippen LogP contribution is -2.39. The fourth-order valence-corrected chi connectivity index (χ4v) is 7.24. The van der Waals surface area contributed by atoms with Gasteiger partial charge in [-0.1, -0.05) is 75.8 Å². The number of ether oxygens (including phenoxy) is 3. The highest BCUT2D eigenvalue weighted by Crippen LogP contribution is 2.40. The van der Waals surface area contributed by atoms with Crippen LogP contribution in [0.5, 0.6) is 17.2 Å². The van der Waals surface area contributed by atoms with Crippen LogP contribution in [0.2, 0.25) is 0 Å². The number of thiazole rings is 1. The van der Waals surface area contributed by atoms with Crippen LogP contribution >= 0.6 is 27.3 Å². The lowest BCUT2D eigenvalue weighted by molar-refractivity contribution is -0.114. The Morgan fingerprint density at radius 1 is 1.04 bits per heavy atom. The van der Waals surface area contributed by atoms with Gasteiger partial charge in [-0.3, -0.25) is 14.2 Å². The summed E-state index contributed by atoms with van der Waals surface area (Å²) in [5, 5.41) is 11.3. The van der Waals surface area contributed by atoms with Crippen molar-refractivity contribution in [2.45, 2.75) is 26.5 Å². The first-order chi connectivity index (χ1) is 22.2. The van der Waals surface area contributed by atoms with E-state index in [1.165, 1.54) is 18.3 Å². The first-order valence-corrected chi connectivity index (χ1v) is 15.9. The molecule has 6 rings (SSSR count). The maximum Gasteiger partial charge on any atom is 0.271 e. The van der Waals surface area contributed by atoms with Crippen LogP contribution in [0.15, 0.2) is 98.3 Å². The minimum Gasteiger partial charge on any atom is -0.496 e. The van der Waals surface area contributed by atoms with E-state index in [4.69, 9.17) is 19.2 Å². The molecule has 0 saturated carbocycles. The molecule has 0 bridgehead atoms. The summed E-state index contributed by atoms with van der Waals surface area (Å²) in [5.41, 5.74) is 3.43. The maximum absolute atomic E-state index is 14.3. The monoisotopic (exact) mass is 693 g/mol. The Labute approximate surface area is 277 Å². The number of carbonyl (C=O) groups excluding carboxylic acids is 1. The van der Waals surface area contributed by atoms with Crippen molar-refractivity contribution in [3.8, 4) is 23.3 Å². The molecule has 1 aliphatic heterocycles. The largest absolute Gasteiger partial charge is 0.496 e. The quantitative estimate of drug-likeness (QED) is 0.192. The summed E-state index contributed by atoms with van der Waals surface area (Å²) in [5.74, 6) is 1.35. The molecule has 1 atom stereocenters. The van der Waals surface area contributed by atoms with Crippen molar-refractivity contribution in [1.29, 1.82) is 5.26 Å². The number of hydrogen-bond acceptors (Lipinski definition) is 8. The van der Waals surface area contributed by atoms with Gasteiger partial charge in [-0.25, -0.2) is 4.99 Å². The lowest BCUT2D eigenvalue weighted by Gasteiger charge is -2.27. The molecule has 10 heteroatoms. The van der Waals surface area contributed by atoms with E-state index < -0.39 is 6.04 Å². The van der Waals surface area contributed by atoms with Crippen molar-refractivity contribution in [3.05, 3.63) is 130 Å². The van der Waals surface area contributed by atoms with E-state index in [9.17, 15) is 14.9 Å². The Bertz CT molecular complexity index is 2300. The third-order valence-electron chi connectivity index (χ3n) is 7.92. The van der Waals surface area contributed by atoms with E-state index in [0.29, 0.717) is 53.5 Å². The number of halogens is 1. The van der Waals surface area contributed by atoms with Crippen molar-refractivity contribution in [2.75, 3.05) is 14.2 Å². The number of benzene rings is 4. The molecule has 2 heterocycles. The number of carbonyl (C=O) groups is 1. The minimum atomic E-state index is -0.734. The van der Waals surface area contributed by atoms with Crippen LogP contribution in [-0.4, -0.2) is 24.6 Å². The van der Waals surface area contributed by atoms with E-state index in [0.717, 1.165) is 21.9 Å². The molecule has 0 N–H and O–H groups in total. The molecule has 4 aromatic carbocycles. The van der Waals surface area contributed by atoms with Crippen LogP contribution < -0.4 is 29.1 Å². The summed E-state index contributed by atoms with van der Waals surface area (Å²) < 4.78 is 20.2. The molecule has 0 aliphatic carbocycles. The van der Waals surface area contributed by atoms with Gasteiger partial charge >= 0.3 is 0 Å². The van der Waals surface area contributed by atoms with E-state index in [-0.39, 0.29) is 17.9 Å². The van der Waals surface area contributed by atoms with Crippen LogP contribution in [0.25, 0.3) is 16.8 Å². The molecule has 0 saturated heterocycles. The molecule has 1 aliphatic rings. The number of methoxy groups -OCH3 is 2. The van der Waals surface area contributed by atoms with Crippen LogP contribution in [-0.2, 0) is 11.4 Å². The molecule has 0 spiro atoms. The molecule has 8 nitrogen and oxygen atoms in total. The Morgan fingerprint density at radius 2 is 1.78 bits per heavy atom. The molecule has 0 amide bonds. The fourth-order valence-electron chi connectivity index (χ4n) is 5.77. The van der Waals surface area contributed by atoms with Gasteiger partial charge < -0.3 is 14.2 Å². The standard InChI is InChI=1S/C36H28BrN3O5S/c1-20-32(21(2)41)34(33-26-12-8-7-9-22(26)13-14-28(33)43-3)40-35(42)31(46-36(40)39-20)16-25-15-29(44-4)30(17-27(25)37)45-19-24-11-6-5-10-23(24)18-38/h5-17,34H,19H2,1-4H3/b31-16-/t34-/m1/s1. The van der Waals surface area contributed by atoms with Gasteiger partial charge in [0, 0.05) is 26.9 Å². The first-order valence-electron chi connectivity index (χ1n) is 14.3. The molecule has 0 unspecified atom stereocenters. The van der Waals surface area contributed by atoms with E-state index >= 15 is 0 Å². The summed E-state index contributed by atoms with van der Waals surface area (Å²) >= 11 is 4.88. The topological polar surface area (TPSA) is 103 Å². The number of rotatable bonds is 8. The number of fused-ring (bicyclic) bond motifs is 2. The zero-order valence-corrected chi connectivity index (χ0v) is 27.9. The van der Waals surface area contributed by atoms with Gasteiger partial charge in [-0.15, -0.1) is 0 Å². The molecule has 0 radical (unpaired) electrons. The molecule has 5 aromatic rings. The fraction of sp³-hybridized carbons (Fsp3) is 0.167. The highest BCUT2D eigenvalue weighted by molar-refractivity contribution is 9.10. The SMILES string of the molecule is COc1cc(/C=c2\sc3n(c2=O)[C@@H](c2c(OC)ccc4ccccc24)C(C(C)=O)=C(C)N=3)c(Br)cc1OCc1ccccc1C#N. The highest BCUT2D eigenvalue weighted by Gasteiger charge is 2.34. The maximum atomic E-state index is 14.3. The highest BCUT2D eigenvalue weighted by atomic mass is 79.9. The molecular weight excluding hydrogens is 666 g/mol. The minimum absolute atomic E-state index is 0.170. The predicted molar refractivity (Wildman–Crippen MR) is 181 cm³/mol. The van der Waals surface area contributed by atoms with Gasteiger partial charge in [0.15, 0.2) is 22.1 Å². The average molecular weight is 695 g/mol. The Kier molecular flexibility index (Phi) is 8.63. The number of nitrogens with zero attached hydrogens (tertiary/aromatic N) is 3. The zero-order valence-electron chi connectivity index (χ0n) is 25.5. The molecule has 1 aromatic heterocycles. The van der Waals surface area contributed by atoms with Crippen molar-refractivity contribution in [3.63, 3.8) is 0 Å².